The Kier molecular flexibility index (Phi) is 15.6. The van der Waals surface area contributed by atoms with Crippen LogP contribution in [0.15, 0.2) is 24.3 Å². The summed E-state index contributed by atoms with van der Waals surface area (Å²) in [6.45, 7) is 10.6. The molecule has 0 saturated carbocycles. The normalized spacial score (nSPS) is 11.4. The Balaban J connectivity index is 1.94. The Morgan fingerprint density at radius 2 is 1.41 bits per heavy atom. The lowest BCUT2D eigenvalue weighted by Crippen LogP contribution is -2.34. The number of alkyl carbamates (subject to hydrolysis) is 1. The average Bonchev–Trinajstić information content (AvgIpc) is 2.74. The van der Waals surface area contributed by atoms with Crippen LogP contribution in [-0.4, -0.2) is 51.3 Å². The zero-order valence-electron chi connectivity index (χ0n) is 20.8. The number of ether oxygens (including phenoxy) is 4. The second-order valence-electron chi connectivity index (χ2n) is 9.02. The van der Waals surface area contributed by atoms with Crippen molar-refractivity contribution >= 4 is 6.09 Å². The first kappa shape index (κ1) is 28.2. The lowest BCUT2D eigenvalue weighted by molar-refractivity contribution is 0.0327. The van der Waals surface area contributed by atoms with Crippen LogP contribution in [0.5, 0.6) is 5.75 Å². The van der Waals surface area contributed by atoms with Crippen LogP contribution in [0, 0.1) is 0 Å². The first-order valence-corrected chi connectivity index (χ1v) is 12.2. The maximum atomic E-state index is 11.5. The van der Waals surface area contributed by atoms with Crippen molar-refractivity contribution in [2.24, 2.45) is 0 Å². The number of aryl methyl sites for hydroxylation is 1. The fourth-order valence-electron chi connectivity index (χ4n) is 3.12. The topological polar surface area (TPSA) is 66.0 Å². The van der Waals surface area contributed by atoms with Crippen molar-refractivity contribution in [3.05, 3.63) is 29.8 Å². The molecule has 1 N–H and O–H groups in total. The average molecular weight is 452 g/mol. The van der Waals surface area contributed by atoms with Crippen LogP contribution >= 0.6 is 0 Å². The fourth-order valence-corrected chi connectivity index (χ4v) is 3.12. The number of carbonyl (C=O) groups excluding carboxylic acids is 1. The fraction of sp³-hybridized carbons (Fsp3) is 0.731. The molecule has 32 heavy (non-hydrogen) atoms. The van der Waals surface area contributed by atoms with Gasteiger partial charge in [0, 0.05) is 6.54 Å². The molecule has 0 bridgehead atoms. The molecule has 1 amide bonds. The van der Waals surface area contributed by atoms with Crippen LogP contribution in [0.1, 0.15) is 78.2 Å². The van der Waals surface area contributed by atoms with Crippen molar-refractivity contribution < 1.29 is 23.7 Å². The standard InChI is InChI=1S/C26H45NO5/c1-5-6-7-8-9-10-11-12-23-13-15-24(16-14-23)31-22-21-30-20-19-29-18-17-27-25(28)32-26(2,3)4/h13-16H,5-12,17-22H2,1-4H3,(H,27,28). The van der Waals surface area contributed by atoms with Gasteiger partial charge in [0.2, 0.25) is 0 Å². The Hall–Kier alpha value is -1.79. The third-order valence-corrected chi connectivity index (χ3v) is 4.78. The molecule has 0 spiro atoms. The van der Waals surface area contributed by atoms with E-state index >= 15 is 0 Å². The molecule has 184 valence electrons. The third-order valence-electron chi connectivity index (χ3n) is 4.78. The number of amides is 1. The summed E-state index contributed by atoms with van der Waals surface area (Å²) in [6.07, 6.45) is 10.1. The predicted molar refractivity (Wildman–Crippen MR) is 130 cm³/mol. The van der Waals surface area contributed by atoms with Gasteiger partial charge in [0.25, 0.3) is 0 Å². The van der Waals surface area contributed by atoms with Crippen molar-refractivity contribution in [1.82, 2.24) is 5.32 Å². The monoisotopic (exact) mass is 451 g/mol. The molecule has 0 aliphatic rings. The van der Waals surface area contributed by atoms with E-state index in [2.05, 4.69) is 24.4 Å². The molecular weight excluding hydrogens is 406 g/mol. The van der Waals surface area contributed by atoms with Crippen LogP contribution in [0.25, 0.3) is 0 Å². The molecule has 1 aromatic rings. The Labute approximate surface area is 195 Å². The summed E-state index contributed by atoms with van der Waals surface area (Å²) in [5.74, 6) is 0.876. The number of nitrogens with one attached hydrogen (secondary N) is 1. The van der Waals surface area contributed by atoms with E-state index < -0.39 is 11.7 Å². The van der Waals surface area contributed by atoms with Crippen molar-refractivity contribution in [1.29, 1.82) is 0 Å². The van der Waals surface area contributed by atoms with E-state index in [9.17, 15) is 4.79 Å². The summed E-state index contributed by atoms with van der Waals surface area (Å²) >= 11 is 0. The molecule has 6 nitrogen and oxygen atoms in total. The van der Waals surface area contributed by atoms with Crippen LogP contribution in [-0.2, 0) is 20.6 Å². The van der Waals surface area contributed by atoms with Gasteiger partial charge in [-0.1, -0.05) is 57.6 Å². The summed E-state index contributed by atoms with van der Waals surface area (Å²) in [5.41, 5.74) is 0.885. The summed E-state index contributed by atoms with van der Waals surface area (Å²) in [5, 5.41) is 2.65. The van der Waals surface area contributed by atoms with E-state index in [1.165, 1.54) is 50.5 Å². The van der Waals surface area contributed by atoms with Gasteiger partial charge in [0.1, 0.15) is 18.0 Å². The molecule has 0 aromatic heterocycles. The molecule has 6 heteroatoms. The minimum Gasteiger partial charge on any atom is -0.491 e. The molecule has 0 atom stereocenters. The minimum atomic E-state index is -0.490. The highest BCUT2D eigenvalue weighted by Crippen LogP contribution is 2.15. The van der Waals surface area contributed by atoms with Gasteiger partial charge in [-0.25, -0.2) is 4.79 Å². The Morgan fingerprint density at radius 1 is 0.812 bits per heavy atom. The lowest BCUT2D eigenvalue weighted by atomic mass is 10.0. The molecule has 1 aromatic carbocycles. The number of unbranched alkanes of at least 4 members (excludes halogenated alkanes) is 6. The highest BCUT2D eigenvalue weighted by atomic mass is 16.6. The van der Waals surface area contributed by atoms with Gasteiger partial charge >= 0.3 is 6.09 Å². The molecular formula is C26H45NO5. The van der Waals surface area contributed by atoms with E-state index in [1.807, 2.05) is 32.9 Å². The van der Waals surface area contributed by atoms with Crippen molar-refractivity contribution in [3.8, 4) is 5.75 Å². The lowest BCUT2D eigenvalue weighted by Gasteiger charge is -2.19. The summed E-state index contributed by atoms with van der Waals surface area (Å²) in [6, 6.07) is 8.40. The van der Waals surface area contributed by atoms with Gasteiger partial charge in [-0.15, -0.1) is 0 Å². The molecule has 0 heterocycles. The van der Waals surface area contributed by atoms with Gasteiger partial charge < -0.3 is 24.3 Å². The molecule has 0 aliphatic carbocycles. The third kappa shape index (κ3) is 16.8. The van der Waals surface area contributed by atoms with Crippen LogP contribution in [0.2, 0.25) is 0 Å². The van der Waals surface area contributed by atoms with Gasteiger partial charge in [0.15, 0.2) is 0 Å². The van der Waals surface area contributed by atoms with E-state index in [-0.39, 0.29) is 0 Å². The quantitative estimate of drug-likeness (QED) is 0.281. The summed E-state index contributed by atoms with van der Waals surface area (Å²) in [7, 11) is 0. The number of benzene rings is 1. The molecule has 0 saturated heterocycles. The number of carbonyl (C=O) groups is 1. The van der Waals surface area contributed by atoms with Crippen molar-refractivity contribution in [2.75, 3.05) is 39.6 Å². The Morgan fingerprint density at radius 3 is 2.06 bits per heavy atom. The van der Waals surface area contributed by atoms with Crippen molar-refractivity contribution in [3.63, 3.8) is 0 Å². The molecule has 0 fully saturated rings. The number of rotatable bonds is 18. The molecule has 0 aliphatic heterocycles. The van der Waals surface area contributed by atoms with E-state index in [1.54, 1.807) is 0 Å². The van der Waals surface area contributed by atoms with Gasteiger partial charge in [-0.2, -0.15) is 0 Å². The first-order chi connectivity index (χ1) is 15.4. The van der Waals surface area contributed by atoms with E-state index in [0.717, 1.165) is 12.2 Å². The van der Waals surface area contributed by atoms with E-state index in [4.69, 9.17) is 18.9 Å². The van der Waals surface area contributed by atoms with Gasteiger partial charge in [-0.3, -0.25) is 0 Å². The maximum Gasteiger partial charge on any atom is 0.407 e. The number of hydrogen-bond acceptors (Lipinski definition) is 5. The van der Waals surface area contributed by atoms with E-state index in [0.29, 0.717) is 39.6 Å². The van der Waals surface area contributed by atoms with Crippen molar-refractivity contribution in [2.45, 2.75) is 84.7 Å². The van der Waals surface area contributed by atoms with Gasteiger partial charge in [-0.05, 0) is 51.3 Å². The molecule has 0 radical (unpaired) electrons. The largest absolute Gasteiger partial charge is 0.491 e. The summed E-state index contributed by atoms with van der Waals surface area (Å²) in [4.78, 5) is 11.5. The SMILES string of the molecule is CCCCCCCCCc1ccc(OCCOCCOCCNC(=O)OC(C)(C)C)cc1. The zero-order chi connectivity index (χ0) is 23.5. The van der Waals surface area contributed by atoms with Gasteiger partial charge in [0.05, 0.1) is 26.4 Å². The smallest absolute Gasteiger partial charge is 0.407 e. The minimum absolute atomic E-state index is 0.410. The van der Waals surface area contributed by atoms with Crippen LogP contribution < -0.4 is 10.1 Å². The maximum absolute atomic E-state index is 11.5. The second-order valence-corrected chi connectivity index (χ2v) is 9.02. The second kappa shape index (κ2) is 17.7. The van der Waals surface area contributed by atoms with Crippen LogP contribution in [0.3, 0.4) is 0 Å². The highest BCUT2D eigenvalue weighted by molar-refractivity contribution is 5.67. The number of hydrogen-bond donors (Lipinski definition) is 1. The van der Waals surface area contributed by atoms with Crippen LogP contribution in [0.4, 0.5) is 4.79 Å². The predicted octanol–water partition coefficient (Wildman–Crippen LogP) is 5.92. The zero-order valence-corrected chi connectivity index (χ0v) is 20.8. The molecule has 1 rings (SSSR count). The first-order valence-electron chi connectivity index (χ1n) is 12.2. The summed E-state index contributed by atoms with van der Waals surface area (Å²) < 4.78 is 21.8. The highest BCUT2D eigenvalue weighted by Gasteiger charge is 2.15. The molecule has 0 unspecified atom stereocenters. The Bertz CT molecular complexity index is 583.